The van der Waals surface area contributed by atoms with Crippen LogP contribution in [0.1, 0.15) is 22.3 Å². The van der Waals surface area contributed by atoms with Crippen LogP contribution in [0, 0.1) is 6.92 Å². The summed E-state index contributed by atoms with van der Waals surface area (Å²) in [5, 5.41) is 17.8. The number of benzene rings is 4. The molecule has 0 aliphatic rings. The normalized spacial score (nSPS) is 11.2. The van der Waals surface area contributed by atoms with Gasteiger partial charge in [-0.15, -0.1) is 0 Å². The lowest BCUT2D eigenvalue weighted by Crippen LogP contribution is -2.43. The van der Waals surface area contributed by atoms with Crippen LogP contribution in [-0.2, 0) is 29.0 Å². The van der Waals surface area contributed by atoms with E-state index in [4.69, 9.17) is 4.74 Å². The summed E-state index contributed by atoms with van der Waals surface area (Å²) in [5.41, 5.74) is 4.89. The lowest BCUT2D eigenvalue weighted by atomic mass is 10.0. The van der Waals surface area contributed by atoms with Crippen LogP contribution < -0.4 is 20.7 Å². The lowest BCUT2D eigenvalue weighted by Gasteiger charge is -2.15. The summed E-state index contributed by atoms with van der Waals surface area (Å²) in [4.78, 5) is 36.4. The summed E-state index contributed by atoms with van der Waals surface area (Å²) in [6.45, 7) is 2.25. The number of aliphatic carboxylic acids is 1. The minimum atomic E-state index is -1.09. The number of rotatable bonds is 11. The van der Waals surface area contributed by atoms with Gasteiger partial charge in [-0.25, -0.2) is 9.59 Å². The van der Waals surface area contributed by atoms with Gasteiger partial charge in [0.15, 0.2) is 0 Å². The van der Waals surface area contributed by atoms with Gasteiger partial charge in [-0.1, -0.05) is 72.8 Å². The van der Waals surface area contributed by atoms with Gasteiger partial charge in [0.05, 0.1) is 6.42 Å². The van der Waals surface area contributed by atoms with E-state index < -0.39 is 12.0 Å². The molecule has 0 aliphatic heterocycles. The monoisotopic (exact) mass is 537 g/mol. The maximum atomic E-state index is 12.3. The van der Waals surface area contributed by atoms with Gasteiger partial charge >= 0.3 is 12.0 Å². The van der Waals surface area contributed by atoms with Gasteiger partial charge in [0.1, 0.15) is 18.4 Å². The highest BCUT2D eigenvalue weighted by Gasteiger charge is 2.20. The average Bonchev–Trinajstić information content (AvgIpc) is 2.95. The second-order valence-corrected chi connectivity index (χ2v) is 9.35. The molecule has 0 fully saturated rings. The van der Waals surface area contributed by atoms with Crippen LogP contribution in [0.2, 0.25) is 0 Å². The summed E-state index contributed by atoms with van der Waals surface area (Å²) >= 11 is 0. The Morgan fingerprint density at radius 3 is 2.08 bits per heavy atom. The second-order valence-electron chi connectivity index (χ2n) is 9.35. The molecular weight excluding hydrogens is 506 g/mol. The quantitative estimate of drug-likeness (QED) is 0.200. The first-order valence-corrected chi connectivity index (χ1v) is 12.9. The predicted molar refractivity (Wildman–Crippen MR) is 154 cm³/mol. The van der Waals surface area contributed by atoms with Gasteiger partial charge in [0.25, 0.3) is 0 Å². The Hall–Kier alpha value is -5.11. The summed E-state index contributed by atoms with van der Waals surface area (Å²) < 4.78 is 5.86. The van der Waals surface area contributed by atoms with Crippen molar-refractivity contribution in [3.8, 4) is 5.75 Å². The molecule has 0 spiro atoms. The molecule has 40 heavy (non-hydrogen) atoms. The fourth-order valence-corrected chi connectivity index (χ4v) is 4.03. The van der Waals surface area contributed by atoms with E-state index in [1.54, 1.807) is 36.4 Å². The minimum Gasteiger partial charge on any atom is -0.489 e. The second kappa shape index (κ2) is 13.6. The van der Waals surface area contributed by atoms with Gasteiger partial charge in [0.2, 0.25) is 5.91 Å². The van der Waals surface area contributed by atoms with Gasteiger partial charge in [-0.05, 0) is 59.5 Å². The smallest absolute Gasteiger partial charge is 0.326 e. The van der Waals surface area contributed by atoms with Gasteiger partial charge in [-0.3, -0.25) is 4.79 Å². The molecule has 0 bridgehead atoms. The highest BCUT2D eigenvalue weighted by molar-refractivity contribution is 6.00. The average molecular weight is 538 g/mol. The Kier molecular flexibility index (Phi) is 9.50. The molecule has 0 saturated carbocycles. The lowest BCUT2D eigenvalue weighted by molar-refractivity contribution is -0.141. The molecule has 0 aromatic heterocycles. The van der Waals surface area contributed by atoms with Crippen LogP contribution in [0.5, 0.6) is 5.75 Å². The molecule has 1 unspecified atom stereocenters. The number of hydrogen-bond acceptors (Lipinski definition) is 4. The SMILES string of the molecule is Cc1ccccc1NC(=O)Nc1ccc(COc2ccc(CC(NC(=O)Cc3ccccc3)C(=O)O)cc2)cc1. The molecule has 4 aromatic carbocycles. The zero-order valence-electron chi connectivity index (χ0n) is 22.1. The first-order chi connectivity index (χ1) is 19.4. The van der Waals surface area contributed by atoms with Crippen molar-refractivity contribution < 1.29 is 24.2 Å². The third-order valence-electron chi connectivity index (χ3n) is 6.21. The molecule has 0 saturated heterocycles. The zero-order valence-corrected chi connectivity index (χ0v) is 22.1. The number of hydrogen-bond donors (Lipinski definition) is 4. The first kappa shape index (κ1) is 27.9. The van der Waals surface area contributed by atoms with Crippen molar-refractivity contribution in [2.24, 2.45) is 0 Å². The van der Waals surface area contributed by atoms with Crippen molar-refractivity contribution >= 4 is 29.3 Å². The number of carboxylic acids is 1. The van der Waals surface area contributed by atoms with E-state index in [-0.39, 0.29) is 24.8 Å². The molecule has 1 atom stereocenters. The number of urea groups is 1. The Morgan fingerprint density at radius 2 is 1.40 bits per heavy atom. The molecule has 0 heterocycles. The Balaban J connectivity index is 1.24. The third-order valence-corrected chi connectivity index (χ3v) is 6.21. The number of carbonyl (C=O) groups is 3. The van der Waals surface area contributed by atoms with Crippen molar-refractivity contribution in [1.29, 1.82) is 0 Å². The fraction of sp³-hybridized carbons (Fsp3) is 0.156. The van der Waals surface area contributed by atoms with Crippen LogP contribution >= 0.6 is 0 Å². The summed E-state index contributed by atoms with van der Waals surface area (Å²) in [7, 11) is 0. The largest absolute Gasteiger partial charge is 0.489 e. The fourth-order valence-electron chi connectivity index (χ4n) is 4.03. The molecule has 4 N–H and O–H groups in total. The topological polar surface area (TPSA) is 117 Å². The van der Waals surface area contributed by atoms with Crippen LogP contribution in [0.4, 0.5) is 16.2 Å². The van der Waals surface area contributed by atoms with E-state index in [0.717, 1.165) is 27.9 Å². The predicted octanol–water partition coefficient (Wildman–Crippen LogP) is 5.57. The van der Waals surface area contributed by atoms with Crippen molar-refractivity contribution in [2.75, 3.05) is 10.6 Å². The maximum Gasteiger partial charge on any atom is 0.326 e. The van der Waals surface area contributed by atoms with Crippen molar-refractivity contribution in [3.05, 3.63) is 125 Å². The summed E-state index contributed by atoms with van der Waals surface area (Å²) in [5.74, 6) is -0.803. The number of para-hydroxylation sites is 1. The zero-order chi connectivity index (χ0) is 28.3. The van der Waals surface area contributed by atoms with Crippen LogP contribution in [0.15, 0.2) is 103 Å². The molecule has 8 heteroatoms. The molecule has 4 aromatic rings. The standard InChI is InChI=1S/C32H31N3O5/c1-22-7-5-6-10-28(22)35-32(39)33-26-15-11-25(12-16-26)21-40-27-17-13-24(14-18-27)19-29(31(37)38)34-30(36)20-23-8-3-2-4-9-23/h2-18,29H,19-21H2,1H3,(H,34,36)(H,37,38)(H2,33,35,39). The van der Waals surface area contributed by atoms with Crippen LogP contribution in [0.25, 0.3) is 0 Å². The molecular formula is C32H31N3O5. The number of nitrogens with one attached hydrogen (secondary N) is 3. The Bertz CT molecular complexity index is 1440. The molecule has 0 radical (unpaired) electrons. The molecule has 4 rings (SSSR count). The van der Waals surface area contributed by atoms with Gasteiger partial charge in [0, 0.05) is 17.8 Å². The Morgan fingerprint density at radius 1 is 0.750 bits per heavy atom. The van der Waals surface area contributed by atoms with Crippen LogP contribution in [0.3, 0.4) is 0 Å². The molecule has 0 aliphatic carbocycles. The van der Waals surface area contributed by atoms with Crippen LogP contribution in [-0.4, -0.2) is 29.1 Å². The number of aryl methyl sites for hydroxylation is 1. The Labute approximate surface area is 233 Å². The van der Waals surface area contributed by atoms with Crippen molar-refractivity contribution in [1.82, 2.24) is 5.32 Å². The van der Waals surface area contributed by atoms with Crippen molar-refractivity contribution in [2.45, 2.75) is 32.4 Å². The number of carbonyl (C=O) groups excluding carboxylic acids is 2. The van der Waals surface area contributed by atoms with E-state index in [0.29, 0.717) is 18.0 Å². The number of anilines is 2. The minimum absolute atomic E-state index is 0.120. The van der Waals surface area contributed by atoms with Crippen molar-refractivity contribution in [3.63, 3.8) is 0 Å². The van der Waals surface area contributed by atoms with Gasteiger partial charge < -0.3 is 25.8 Å². The van der Waals surface area contributed by atoms with E-state index in [9.17, 15) is 19.5 Å². The van der Waals surface area contributed by atoms with E-state index in [1.165, 1.54) is 0 Å². The molecule has 204 valence electrons. The number of carboxylic acid groups (broad SMARTS) is 1. The summed E-state index contributed by atoms with van der Waals surface area (Å²) in [6, 6.07) is 29.8. The maximum absolute atomic E-state index is 12.3. The highest BCUT2D eigenvalue weighted by atomic mass is 16.5. The number of amides is 3. The third kappa shape index (κ3) is 8.46. The number of ether oxygens (including phenoxy) is 1. The van der Waals surface area contributed by atoms with E-state index in [2.05, 4.69) is 16.0 Å². The molecule has 8 nitrogen and oxygen atoms in total. The summed E-state index contributed by atoms with van der Waals surface area (Å²) in [6.07, 6.45) is 0.275. The van der Waals surface area contributed by atoms with E-state index in [1.807, 2.05) is 73.7 Å². The van der Waals surface area contributed by atoms with E-state index >= 15 is 0 Å². The van der Waals surface area contributed by atoms with Gasteiger partial charge in [-0.2, -0.15) is 0 Å². The molecule has 3 amide bonds. The first-order valence-electron chi connectivity index (χ1n) is 12.9. The highest BCUT2D eigenvalue weighted by Crippen LogP contribution is 2.18.